The summed E-state index contributed by atoms with van der Waals surface area (Å²) < 4.78 is 0. The maximum atomic E-state index is 9.08. The van der Waals surface area contributed by atoms with Gasteiger partial charge in [0.15, 0.2) is 0 Å². The number of rotatable bonds is 3. The van der Waals surface area contributed by atoms with E-state index in [1.165, 1.54) is 22.0 Å². The van der Waals surface area contributed by atoms with Gasteiger partial charge in [-0.1, -0.05) is 91.4 Å². The molecular weight excluding hydrogens is 333 g/mol. The molecule has 0 saturated heterocycles. The van der Waals surface area contributed by atoms with E-state index in [0.717, 1.165) is 11.1 Å². The zero-order valence-electron chi connectivity index (χ0n) is 17.9. The molecule has 0 radical (unpaired) electrons. The van der Waals surface area contributed by atoms with Crippen molar-refractivity contribution in [2.75, 3.05) is 0 Å². The van der Waals surface area contributed by atoms with Crippen LogP contribution >= 0.6 is 7.92 Å². The normalized spacial score (nSPS) is 12.5. The Labute approximate surface area is 161 Å². The number of nitrogens with one attached hydrogen (secondary N) is 1. The third kappa shape index (κ3) is 4.26. The predicted molar refractivity (Wildman–Crippen MR) is 119 cm³/mol. The molecule has 0 aliphatic carbocycles. The van der Waals surface area contributed by atoms with Gasteiger partial charge in [-0.15, -0.1) is 0 Å². The van der Waals surface area contributed by atoms with Crippen LogP contribution in [0.15, 0.2) is 36.4 Å². The van der Waals surface area contributed by atoms with Gasteiger partial charge >= 0.3 is 0 Å². The van der Waals surface area contributed by atoms with Gasteiger partial charge < -0.3 is 0 Å². The van der Waals surface area contributed by atoms with Crippen molar-refractivity contribution in [1.29, 1.82) is 5.41 Å². The van der Waals surface area contributed by atoms with Crippen molar-refractivity contribution in [3.63, 3.8) is 0 Å². The van der Waals surface area contributed by atoms with Crippen LogP contribution in [-0.4, -0.2) is 16.0 Å². The minimum Gasteiger partial charge on any atom is -0.300 e. The molecule has 2 heteroatoms. The van der Waals surface area contributed by atoms with Crippen molar-refractivity contribution in [2.45, 2.75) is 72.6 Å². The summed E-state index contributed by atoms with van der Waals surface area (Å²) in [5.74, 6) is 0. The summed E-state index contributed by atoms with van der Waals surface area (Å²) in [6.07, 6.45) is 0. The Hall–Kier alpha value is -1.46. The highest BCUT2D eigenvalue weighted by molar-refractivity contribution is 7.68. The van der Waals surface area contributed by atoms with Crippen molar-refractivity contribution >= 4 is 18.9 Å². The van der Waals surface area contributed by atoms with Gasteiger partial charge in [0.25, 0.3) is 0 Å². The molecule has 0 aromatic heterocycles. The van der Waals surface area contributed by atoms with Gasteiger partial charge in [0.1, 0.15) is 0 Å². The fourth-order valence-electron chi connectivity index (χ4n) is 4.32. The number of aryl methyl sites for hydroxylation is 3. The fraction of sp³-hybridized carbons (Fsp3) is 0.458. The van der Waals surface area contributed by atoms with Crippen LogP contribution < -0.4 is 5.30 Å². The summed E-state index contributed by atoms with van der Waals surface area (Å²) in [7, 11) is -0.448. The molecule has 0 fully saturated rings. The van der Waals surface area contributed by atoms with E-state index in [1.54, 1.807) is 0 Å². The largest absolute Gasteiger partial charge is 0.300 e. The van der Waals surface area contributed by atoms with E-state index in [0.29, 0.717) is 5.71 Å². The molecule has 1 nitrogen and oxygen atoms in total. The van der Waals surface area contributed by atoms with Crippen LogP contribution in [-0.2, 0) is 0 Å². The maximum Gasteiger partial charge on any atom is 0.0696 e. The molecular formula is C24H34NP. The monoisotopic (exact) mass is 367 g/mol. The highest BCUT2D eigenvalue weighted by Crippen LogP contribution is 2.58. The van der Waals surface area contributed by atoms with Crippen LogP contribution in [0.25, 0.3) is 0 Å². The number of benzene rings is 2. The van der Waals surface area contributed by atoms with Gasteiger partial charge in [-0.25, -0.2) is 0 Å². The van der Waals surface area contributed by atoms with E-state index in [2.05, 4.69) is 98.7 Å². The van der Waals surface area contributed by atoms with Crippen LogP contribution in [0, 0.1) is 26.2 Å². The average Bonchev–Trinajstić information content (AvgIpc) is 2.43. The first-order valence-corrected chi connectivity index (χ1v) is 10.7. The average molecular weight is 368 g/mol. The van der Waals surface area contributed by atoms with E-state index in [1.807, 2.05) is 0 Å². The van der Waals surface area contributed by atoms with Crippen molar-refractivity contribution < 1.29 is 0 Å². The topological polar surface area (TPSA) is 23.9 Å². The highest BCUT2D eigenvalue weighted by atomic mass is 31.1. The Kier molecular flexibility index (Phi) is 5.83. The minimum absolute atomic E-state index is 0.182. The molecule has 0 heterocycles. The summed E-state index contributed by atoms with van der Waals surface area (Å²) in [5, 5.41) is 10.8. The molecule has 2 aromatic carbocycles. The first kappa shape index (κ1) is 20.8. The van der Waals surface area contributed by atoms with Gasteiger partial charge in [-0.05, 0) is 47.5 Å². The van der Waals surface area contributed by atoms with E-state index in [-0.39, 0.29) is 10.3 Å². The standard InChI is InChI=1S/C24H34NP/c1-16-14-17(2)21(18(3)15-16)22(25)19-12-10-11-13-20(19)26(23(4,5)6)24(7,8)9/h10-15,25H,1-9H3. The molecule has 0 aliphatic rings. The fourth-order valence-corrected chi connectivity index (χ4v) is 8.44. The second kappa shape index (κ2) is 7.28. The Morgan fingerprint density at radius 2 is 1.27 bits per heavy atom. The van der Waals surface area contributed by atoms with Crippen LogP contribution in [0.4, 0.5) is 0 Å². The zero-order chi connectivity index (χ0) is 19.9. The smallest absolute Gasteiger partial charge is 0.0696 e. The lowest BCUT2D eigenvalue weighted by molar-refractivity contribution is 0.715. The number of hydrogen-bond donors (Lipinski definition) is 1. The molecule has 26 heavy (non-hydrogen) atoms. The molecule has 0 spiro atoms. The van der Waals surface area contributed by atoms with Crippen LogP contribution in [0.3, 0.4) is 0 Å². The Morgan fingerprint density at radius 3 is 1.73 bits per heavy atom. The van der Waals surface area contributed by atoms with Crippen molar-refractivity contribution in [2.24, 2.45) is 0 Å². The molecule has 0 amide bonds. The highest BCUT2D eigenvalue weighted by Gasteiger charge is 2.37. The Balaban J connectivity index is 2.69. The van der Waals surface area contributed by atoms with Crippen molar-refractivity contribution in [3.8, 4) is 0 Å². The molecule has 0 unspecified atom stereocenters. The molecule has 1 N–H and O–H groups in total. The lowest BCUT2D eigenvalue weighted by Gasteiger charge is -2.42. The van der Waals surface area contributed by atoms with E-state index in [9.17, 15) is 0 Å². The second-order valence-corrected chi connectivity index (χ2v) is 13.2. The van der Waals surface area contributed by atoms with Gasteiger partial charge in [0, 0.05) is 11.1 Å². The third-order valence-electron chi connectivity index (χ3n) is 4.68. The summed E-state index contributed by atoms with van der Waals surface area (Å²) in [6.45, 7) is 20.4. The summed E-state index contributed by atoms with van der Waals surface area (Å²) in [4.78, 5) is 0. The van der Waals surface area contributed by atoms with E-state index < -0.39 is 7.92 Å². The van der Waals surface area contributed by atoms with E-state index in [4.69, 9.17) is 5.41 Å². The minimum atomic E-state index is -0.448. The molecule has 0 aliphatic heterocycles. The van der Waals surface area contributed by atoms with Crippen LogP contribution in [0.1, 0.15) is 69.4 Å². The summed E-state index contributed by atoms with van der Waals surface area (Å²) in [6, 6.07) is 13.0. The second-order valence-electron chi connectivity index (χ2n) is 9.34. The van der Waals surface area contributed by atoms with Crippen molar-refractivity contribution in [1.82, 2.24) is 0 Å². The first-order chi connectivity index (χ1) is 11.8. The molecule has 2 rings (SSSR count). The molecule has 140 valence electrons. The Bertz CT molecular complexity index is 782. The van der Waals surface area contributed by atoms with Gasteiger partial charge in [0.2, 0.25) is 0 Å². The zero-order valence-corrected chi connectivity index (χ0v) is 18.8. The quantitative estimate of drug-likeness (QED) is 0.459. The lowest BCUT2D eigenvalue weighted by atomic mass is 9.92. The third-order valence-corrected chi connectivity index (χ3v) is 8.24. The first-order valence-electron chi connectivity index (χ1n) is 9.40. The predicted octanol–water partition coefficient (Wildman–Crippen LogP) is 6.73. The molecule has 0 saturated carbocycles. The number of hydrogen-bond acceptors (Lipinski definition) is 1. The summed E-state index contributed by atoms with van der Waals surface area (Å²) in [5.41, 5.74) is 6.49. The van der Waals surface area contributed by atoms with E-state index >= 15 is 0 Å². The van der Waals surface area contributed by atoms with Crippen LogP contribution in [0.2, 0.25) is 0 Å². The maximum absolute atomic E-state index is 9.08. The molecule has 0 atom stereocenters. The SMILES string of the molecule is Cc1cc(C)c(C(=N)c2ccccc2P(C(C)(C)C)C(C)(C)C)c(C)c1. The van der Waals surface area contributed by atoms with Crippen LogP contribution in [0.5, 0.6) is 0 Å². The summed E-state index contributed by atoms with van der Waals surface area (Å²) >= 11 is 0. The van der Waals surface area contributed by atoms with Gasteiger partial charge in [-0.3, -0.25) is 5.41 Å². The molecule has 0 bridgehead atoms. The van der Waals surface area contributed by atoms with Gasteiger partial charge in [-0.2, -0.15) is 0 Å². The lowest BCUT2D eigenvalue weighted by Crippen LogP contribution is -2.33. The van der Waals surface area contributed by atoms with Crippen molar-refractivity contribution in [3.05, 3.63) is 64.2 Å². The Morgan fingerprint density at radius 1 is 0.808 bits per heavy atom. The van der Waals surface area contributed by atoms with Gasteiger partial charge in [0.05, 0.1) is 5.71 Å². The molecule has 2 aromatic rings.